The molecule has 108 valence electrons. The van der Waals surface area contributed by atoms with E-state index in [1.54, 1.807) is 36.0 Å². The van der Waals surface area contributed by atoms with Gasteiger partial charge in [0.05, 0.1) is 5.69 Å². The second-order valence-electron chi connectivity index (χ2n) is 4.91. The zero-order valence-electron chi connectivity index (χ0n) is 11.2. The Labute approximate surface area is 126 Å². The number of hydrogen-bond acceptors (Lipinski definition) is 3. The van der Waals surface area contributed by atoms with Crippen LogP contribution in [0.5, 0.6) is 0 Å². The molecule has 1 unspecified atom stereocenters. The molecule has 3 nitrogen and oxygen atoms in total. The Morgan fingerprint density at radius 2 is 1.90 bits per heavy atom. The minimum absolute atomic E-state index is 0.210. The normalized spacial score (nSPS) is 20.6. The average molecular weight is 303 g/mol. The highest BCUT2D eigenvalue weighted by Crippen LogP contribution is 2.42. The van der Waals surface area contributed by atoms with Crippen LogP contribution >= 0.6 is 11.8 Å². The Morgan fingerprint density at radius 1 is 1.19 bits per heavy atom. The van der Waals surface area contributed by atoms with Crippen LogP contribution in [0.25, 0.3) is 0 Å². The van der Waals surface area contributed by atoms with Crippen LogP contribution in [0.4, 0.5) is 10.1 Å². The van der Waals surface area contributed by atoms with Gasteiger partial charge in [0.15, 0.2) is 5.54 Å². The maximum absolute atomic E-state index is 13.9. The first-order valence-electron chi connectivity index (χ1n) is 6.62. The Morgan fingerprint density at radius 3 is 2.67 bits per heavy atom. The molecule has 5 heteroatoms. The summed E-state index contributed by atoms with van der Waals surface area (Å²) in [6, 6.07) is 13.5. The number of hydrogen-bond donors (Lipinski definition) is 2. The number of thioether (sulfide) groups is 1. The van der Waals surface area contributed by atoms with Crippen molar-refractivity contribution in [2.45, 2.75) is 16.9 Å². The molecule has 0 spiro atoms. The number of fused-ring (bicyclic) bond motifs is 1. The number of benzene rings is 2. The summed E-state index contributed by atoms with van der Waals surface area (Å²) in [5, 5.41) is 12.7. The highest BCUT2D eigenvalue weighted by atomic mass is 32.2. The monoisotopic (exact) mass is 303 g/mol. The first-order chi connectivity index (χ1) is 10.1. The standard InChI is InChI=1S/C16H14FNO2S/c17-12-6-2-3-7-13(12)18-16(15(19)20)9-10-21-14-8-4-1-5-11(14)16/h1-8,18H,9-10H2,(H,19,20). The van der Waals surface area contributed by atoms with Crippen molar-refractivity contribution in [3.05, 3.63) is 59.9 Å². The molecule has 1 aliphatic rings. The third kappa shape index (κ3) is 2.38. The number of carboxylic acid groups (broad SMARTS) is 1. The van der Waals surface area contributed by atoms with Crippen LogP contribution in [0, 0.1) is 5.82 Å². The highest BCUT2D eigenvalue weighted by Gasteiger charge is 2.44. The van der Waals surface area contributed by atoms with Crippen molar-refractivity contribution >= 4 is 23.4 Å². The SMILES string of the molecule is O=C(O)C1(Nc2ccccc2F)CCSc2ccccc21. The molecule has 0 amide bonds. The van der Waals surface area contributed by atoms with E-state index < -0.39 is 17.3 Å². The summed E-state index contributed by atoms with van der Waals surface area (Å²) in [5.74, 6) is -0.766. The summed E-state index contributed by atoms with van der Waals surface area (Å²) >= 11 is 1.63. The Balaban J connectivity index is 2.11. The number of carbonyl (C=O) groups is 1. The van der Waals surface area contributed by atoms with Crippen LogP contribution in [0.3, 0.4) is 0 Å². The molecule has 0 bridgehead atoms. The van der Waals surface area contributed by atoms with Crippen LogP contribution in [-0.4, -0.2) is 16.8 Å². The van der Waals surface area contributed by atoms with E-state index in [-0.39, 0.29) is 5.69 Å². The smallest absolute Gasteiger partial charge is 0.334 e. The van der Waals surface area contributed by atoms with Gasteiger partial charge in [0.25, 0.3) is 0 Å². The fourth-order valence-corrected chi connectivity index (χ4v) is 3.79. The molecule has 21 heavy (non-hydrogen) atoms. The molecule has 1 heterocycles. The average Bonchev–Trinajstić information content (AvgIpc) is 2.49. The number of anilines is 1. The first kappa shape index (κ1) is 13.9. The molecule has 0 aromatic heterocycles. The van der Waals surface area contributed by atoms with E-state index in [9.17, 15) is 14.3 Å². The number of para-hydroxylation sites is 1. The summed E-state index contributed by atoms with van der Waals surface area (Å²) in [6.45, 7) is 0. The second-order valence-corrected chi connectivity index (χ2v) is 6.05. The van der Waals surface area contributed by atoms with Gasteiger partial charge in [-0.25, -0.2) is 9.18 Å². The van der Waals surface area contributed by atoms with Crippen molar-refractivity contribution in [1.29, 1.82) is 0 Å². The van der Waals surface area contributed by atoms with Gasteiger partial charge in [-0.2, -0.15) is 0 Å². The molecule has 2 N–H and O–H groups in total. The molecule has 2 aromatic carbocycles. The van der Waals surface area contributed by atoms with Crippen LogP contribution in [0.15, 0.2) is 53.4 Å². The van der Waals surface area contributed by atoms with Crippen LogP contribution in [-0.2, 0) is 10.3 Å². The number of carboxylic acids is 1. The van der Waals surface area contributed by atoms with Gasteiger partial charge in [0.1, 0.15) is 5.82 Å². The summed E-state index contributed by atoms with van der Waals surface area (Å²) in [6.07, 6.45) is 0.401. The van der Waals surface area contributed by atoms with Gasteiger partial charge in [0.2, 0.25) is 0 Å². The largest absolute Gasteiger partial charge is 0.479 e. The maximum atomic E-state index is 13.9. The Kier molecular flexibility index (Phi) is 3.59. The third-order valence-corrected chi connectivity index (χ3v) is 4.74. The molecule has 0 fully saturated rings. The van der Waals surface area contributed by atoms with E-state index in [1.807, 2.05) is 18.2 Å². The van der Waals surface area contributed by atoms with E-state index >= 15 is 0 Å². The van der Waals surface area contributed by atoms with E-state index in [2.05, 4.69) is 5.32 Å². The number of nitrogens with one attached hydrogen (secondary N) is 1. The molecule has 3 rings (SSSR count). The lowest BCUT2D eigenvalue weighted by molar-refractivity contribution is -0.143. The predicted molar refractivity (Wildman–Crippen MR) is 81.1 cm³/mol. The summed E-state index contributed by atoms with van der Waals surface area (Å²) in [7, 11) is 0. The minimum Gasteiger partial charge on any atom is -0.479 e. The van der Waals surface area contributed by atoms with Crippen LogP contribution in [0.1, 0.15) is 12.0 Å². The Bertz CT molecular complexity index is 691. The number of rotatable bonds is 3. The van der Waals surface area contributed by atoms with Crippen molar-refractivity contribution < 1.29 is 14.3 Å². The predicted octanol–water partition coefficient (Wildman–Crippen LogP) is 3.71. The van der Waals surface area contributed by atoms with Gasteiger partial charge < -0.3 is 10.4 Å². The second kappa shape index (κ2) is 5.41. The van der Waals surface area contributed by atoms with Crippen LogP contribution < -0.4 is 5.32 Å². The van der Waals surface area contributed by atoms with Crippen molar-refractivity contribution in [3.63, 3.8) is 0 Å². The quantitative estimate of drug-likeness (QED) is 0.907. The lowest BCUT2D eigenvalue weighted by Gasteiger charge is -2.36. The summed E-state index contributed by atoms with van der Waals surface area (Å²) in [4.78, 5) is 12.9. The molecule has 1 aliphatic heterocycles. The van der Waals surface area contributed by atoms with Crippen molar-refractivity contribution in [3.8, 4) is 0 Å². The molecule has 2 aromatic rings. The van der Waals surface area contributed by atoms with Crippen molar-refractivity contribution in [2.24, 2.45) is 0 Å². The van der Waals surface area contributed by atoms with E-state index in [0.717, 1.165) is 4.90 Å². The molecular formula is C16H14FNO2S. The van der Waals surface area contributed by atoms with Gasteiger partial charge >= 0.3 is 5.97 Å². The van der Waals surface area contributed by atoms with Gasteiger partial charge in [0, 0.05) is 16.2 Å². The fourth-order valence-electron chi connectivity index (χ4n) is 2.59. The topological polar surface area (TPSA) is 49.3 Å². The number of aliphatic carboxylic acids is 1. The van der Waals surface area contributed by atoms with Crippen LogP contribution in [0.2, 0.25) is 0 Å². The third-order valence-electron chi connectivity index (χ3n) is 3.67. The van der Waals surface area contributed by atoms with Gasteiger partial charge in [-0.15, -0.1) is 11.8 Å². The van der Waals surface area contributed by atoms with Crippen molar-refractivity contribution in [1.82, 2.24) is 0 Å². The lowest BCUT2D eigenvalue weighted by atomic mass is 9.86. The van der Waals surface area contributed by atoms with Gasteiger partial charge in [-0.1, -0.05) is 30.3 Å². The van der Waals surface area contributed by atoms with Crippen molar-refractivity contribution in [2.75, 3.05) is 11.1 Å². The first-order valence-corrected chi connectivity index (χ1v) is 7.60. The maximum Gasteiger partial charge on any atom is 0.334 e. The van der Waals surface area contributed by atoms with E-state index in [0.29, 0.717) is 17.7 Å². The molecule has 0 radical (unpaired) electrons. The fraction of sp³-hybridized carbons (Fsp3) is 0.188. The highest BCUT2D eigenvalue weighted by molar-refractivity contribution is 7.99. The van der Waals surface area contributed by atoms with Gasteiger partial charge in [-0.05, 0) is 24.6 Å². The molecule has 0 saturated heterocycles. The Hall–Kier alpha value is -2.01. The number of halogens is 1. The zero-order chi connectivity index (χ0) is 14.9. The molecule has 0 aliphatic carbocycles. The van der Waals surface area contributed by atoms with E-state index in [1.165, 1.54) is 6.07 Å². The zero-order valence-corrected chi connectivity index (χ0v) is 12.0. The summed E-state index contributed by atoms with van der Waals surface area (Å²) < 4.78 is 13.9. The molecular weight excluding hydrogens is 289 g/mol. The molecule has 1 atom stereocenters. The summed E-state index contributed by atoms with van der Waals surface area (Å²) in [5.41, 5.74) is -0.386. The molecule has 0 saturated carbocycles. The minimum atomic E-state index is -1.29. The van der Waals surface area contributed by atoms with Gasteiger partial charge in [-0.3, -0.25) is 0 Å². The lowest BCUT2D eigenvalue weighted by Crippen LogP contribution is -2.46. The van der Waals surface area contributed by atoms with E-state index in [4.69, 9.17) is 0 Å².